The zero-order valence-electron chi connectivity index (χ0n) is 21.4. The first-order chi connectivity index (χ1) is 17.9. The smallest absolute Gasteiger partial charge is 0.322 e. The third-order valence-electron chi connectivity index (χ3n) is 5.77. The van der Waals surface area contributed by atoms with Crippen LogP contribution in [0.3, 0.4) is 0 Å². The van der Waals surface area contributed by atoms with E-state index < -0.39 is 27.0 Å². The van der Waals surface area contributed by atoms with Gasteiger partial charge in [0, 0.05) is 5.69 Å². The summed E-state index contributed by atoms with van der Waals surface area (Å²) < 4.78 is 28.5. The molecule has 38 heavy (non-hydrogen) atoms. The molecular formula is C27H29N3O6S2. The van der Waals surface area contributed by atoms with Crippen molar-refractivity contribution in [1.29, 1.82) is 0 Å². The first kappa shape index (κ1) is 28.9. The Morgan fingerprint density at radius 2 is 1.68 bits per heavy atom. The highest BCUT2D eigenvalue weighted by molar-refractivity contribution is 8.02. The van der Waals surface area contributed by atoms with E-state index in [4.69, 9.17) is 0 Å². The molecule has 0 aliphatic carbocycles. The second kappa shape index (κ2) is 12.2. The molecule has 0 aliphatic rings. The van der Waals surface area contributed by atoms with Gasteiger partial charge < -0.3 is 10.4 Å². The highest BCUT2D eigenvalue weighted by atomic mass is 32.2. The Morgan fingerprint density at radius 1 is 1.05 bits per heavy atom. The van der Waals surface area contributed by atoms with E-state index in [2.05, 4.69) is 10.0 Å². The third kappa shape index (κ3) is 7.44. The predicted molar refractivity (Wildman–Crippen MR) is 150 cm³/mol. The van der Waals surface area contributed by atoms with Crippen molar-refractivity contribution in [2.24, 2.45) is 0 Å². The van der Waals surface area contributed by atoms with Crippen LogP contribution in [0.25, 0.3) is 11.1 Å². The molecule has 3 aromatic carbocycles. The molecule has 11 heteroatoms. The van der Waals surface area contributed by atoms with Gasteiger partial charge in [-0.1, -0.05) is 54.1 Å². The first-order valence-corrected chi connectivity index (χ1v) is 14.3. The fraction of sp³-hybridized carbons (Fsp3) is 0.222. The highest BCUT2D eigenvalue weighted by Crippen LogP contribution is 2.26. The second-order valence-corrected chi connectivity index (χ2v) is 11.3. The molecule has 200 valence electrons. The molecule has 0 amide bonds. The lowest BCUT2D eigenvalue weighted by molar-refractivity contribution is -0.402. The lowest BCUT2D eigenvalue weighted by Gasteiger charge is -2.18. The van der Waals surface area contributed by atoms with Gasteiger partial charge in [0.05, 0.1) is 9.82 Å². The van der Waals surface area contributed by atoms with Gasteiger partial charge in [-0.3, -0.25) is 14.9 Å². The van der Waals surface area contributed by atoms with Gasteiger partial charge in [-0.15, -0.1) is 11.8 Å². The van der Waals surface area contributed by atoms with Crippen molar-refractivity contribution in [1.82, 2.24) is 4.72 Å². The normalized spacial score (nSPS) is 12.7. The van der Waals surface area contributed by atoms with E-state index in [0.29, 0.717) is 27.4 Å². The Hall–Kier alpha value is -3.67. The number of carbonyl (C=O) groups is 1. The average Bonchev–Trinajstić information content (AvgIpc) is 2.82. The van der Waals surface area contributed by atoms with Crippen LogP contribution in [0.4, 0.5) is 5.69 Å². The number of hydrogen-bond acceptors (Lipinski definition) is 7. The Morgan fingerprint density at radius 3 is 2.24 bits per heavy atom. The van der Waals surface area contributed by atoms with Gasteiger partial charge in [0.1, 0.15) is 11.1 Å². The van der Waals surface area contributed by atoms with Gasteiger partial charge in [-0.25, -0.2) is 8.42 Å². The fourth-order valence-electron chi connectivity index (χ4n) is 4.24. The number of carboxylic acid groups (broad SMARTS) is 1. The number of sulfonamides is 1. The van der Waals surface area contributed by atoms with Crippen molar-refractivity contribution in [3.05, 3.63) is 104 Å². The zero-order chi connectivity index (χ0) is 28.0. The maximum atomic E-state index is 13.1. The number of hydrogen-bond donors (Lipinski definition) is 3. The van der Waals surface area contributed by atoms with Crippen LogP contribution in [0, 0.1) is 30.9 Å². The summed E-state index contributed by atoms with van der Waals surface area (Å²) in [6.45, 7) is 5.25. The second-order valence-electron chi connectivity index (χ2n) is 8.83. The number of anilines is 1. The quantitative estimate of drug-likeness (QED) is 0.219. The maximum absolute atomic E-state index is 13.1. The van der Waals surface area contributed by atoms with Gasteiger partial charge >= 0.3 is 5.97 Å². The minimum Gasteiger partial charge on any atom is -0.480 e. The molecule has 9 nitrogen and oxygen atoms in total. The summed E-state index contributed by atoms with van der Waals surface area (Å²) >= 11 is 1.22. The summed E-state index contributed by atoms with van der Waals surface area (Å²) in [5.41, 5.74) is 5.05. The fourth-order valence-corrected chi connectivity index (χ4v) is 6.29. The summed E-state index contributed by atoms with van der Waals surface area (Å²) in [6.07, 6.45) is 2.60. The molecule has 0 fully saturated rings. The summed E-state index contributed by atoms with van der Waals surface area (Å²) in [5.74, 6) is -1.27. The molecular weight excluding hydrogens is 526 g/mol. The number of rotatable bonds is 11. The van der Waals surface area contributed by atoms with Crippen molar-refractivity contribution < 1.29 is 23.2 Å². The largest absolute Gasteiger partial charge is 0.480 e. The lowest BCUT2D eigenvalue weighted by Crippen LogP contribution is -2.42. The number of thioether (sulfide) groups is 1. The van der Waals surface area contributed by atoms with E-state index in [0.717, 1.165) is 22.9 Å². The van der Waals surface area contributed by atoms with Crippen molar-refractivity contribution in [3.63, 3.8) is 0 Å². The number of nitrogens with one attached hydrogen (secondary N) is 2. The highest BCUT2D eigenvalue weighted by Gasteiger charge is 2.28. The van der Waals surface area contributed by atoms with Gasteiger partial charge in [0.15, 0.2) is 0 Å². The van der Waals surface area contributed by atoms with E-state index in [1.807, 2.05) is 37.3 Å². The Bertz CT molecular complexity index is 1460. The van der Waals surface area contributed by atoms with E-state index >= 15 is 0 Å². The van der Waals surface area contributed by atoms with Crippen molar-refractivity contribution in [2.45, 2.75) is 38.1 Å². The molecule has 0 aliphatic heterocycles. The molecule has 0 saturated carbocycles. The molecule has 0 spiro atoms. The van der Waals surface area contributed by atoms with Crippen LogP contribution in [0.1, 0.15) is 22.3 Å². The molecule has 0 bridgehead atoms. The van der Waals surface area contributed by atoms with Crippen LogP contribution in [0.15, 0.2) is 76.8 Å². The van der Waals surface area contributed by atoms with E-state index in [9.17, 15) is 28.4 Å². The number of nitrogens with zero attached hydrogens (tertiary/aromatic N) is 1. The molecule has 0 radical (unpaired) electrons. The molecule has 3 N–H and O–H groups in total. The van der Waals surface area contributed by atoms with Gasteiger partial charge in [-0.2, -0.15) is 4.72 Å². The summed E-state index contributed by atoms with van der Waals surface area (Å²) in [6, 6.07) is 16.6. The number of carboxylic acids is 1. The third-order valence-corrected chi connectivity index (χ3v) is 8.19. The summed E-state index contributed by atoms with van der Waals surface area (Å²) in [7, 11) is -4.06. The number of benzene rings is 3. The maximum Gasteiger partial charge on any atom is 0.322 e. The molecule has 3 aromatic rings. The van der Waals surface area contributed by atoms with Crippen molar-refractivity contribution >= 4 is 33.4 Å². The average molecular weight is 556 g/mol. The van der Waals surface area contributed by atoms with Crippen LogP contribution >= 0.6 is 11.8 Å². The summed E-state index contributed by atoms with van der Waals surface area (Å²) in [4.78, 5) is 22.3. The van der Waals surface area contributed by atoms with Crippen LogP contribution in [0.5, 0.6) is 0 Å². The number of aryl methyl sites for hydroxylation is 3. The molecule has 1 atom stereocenters. The van der Waals surface area contributed by atoms with Crippen LogP contribution in [0.2, 0.25) is 0 Å². The molecule has 0 heterocycles. The Labute approximate surface area is 226 Å². The van der Waals surface area contributed by atoms with Crippen molar-refractivity contribution in [3.8, 4) is 11.1 Å². The molecule has 0 saturated heterocycles. The molecule has 3 rings (SSSR count). The monoisotopic (exact) mass is 555 g/mol. The van der Waals surface area contributed by atoms with Gasteiger partial charge in [-0.05, 0) is 73.4 Å². The van der Waals surface area contributed by atoms with E-state index in [1.165, 1.54) is 11.8 Å². The van der Waals surface area contributed by atoms with Crippen LogP contribution < -0.4 is 10.0 Å². The Kier molecular flexibility index (Phi) is 9.31. The number of aliphatic carboxylic acids is 1. The molecule has 0 unspecified atom stereocenters. The minimum absolute atomic E-state index is 0.0385. The molecule has 0 aromatic heterocycles. The minimum atomic E-state index is -4.06. The Balaban J connectivity index is 1.79. The van der Waals surface area contributed by atoms with Crippen LogP contribution in [-0.2, 0) is 21.2 Å². The first-order valence-electron chi connectivity index (χ1n) is 11.6. The SMILES string of the molecule is CS/C(=C\[N+](=O)[O-])Nc1cccc(-c2ccc(C[C@H](NS(=O)(=O)c3c(C)cc(C)cc3C)C(=O)O)cc2)c1. The van der Waals surface area contributed by atoms with E-state index in [1.54, 1.807) is 50.4 Å². The standard InChI is InChI=1S/C27H29N3O6S2/c1-17-12-18(2)26(19(3)13-17)38(35,36)29-24(27(31)32)14-20-8-10-21(11-9-20)22-6-5-7-23(15-22)28-25(37-4)16-30(33)34/h5-13,15-16,24,28-29H,14H2,1-4H3,(H,31,32)/b25-16-/t24-/m0/s1. The van der Waals surface area contributed by atoms with Gasteiger partial charge in [0.2, 0.25) is 10.0 Å². The summed E-state index contributed by atoms with van der Waals surface area (Å²) in [5, 5.41) is 24.0. The van der Waals surface area contributed by atoms with Crippen molar-refractivity contribution in [2.75, 3.05) is 11.6 Å². The van der Waals surface area contributed by atoms with E-state index in [-0.39, 0.29) is 11.3 Å². The predicted octanol–water partition coefficient (Wildman–Crippen LogP) is 5.10. The topological polar surface area (TPSA) is 139 Å². The number of nitro groups is 1. The van der Waals surface area contributed by atoms with Crippen LogP contribution in [-0.4, -0.2) is 36.7 Å². The lowest BCUT2D eigenvalue weighted by atomic mass is 10.0. The van der Waals surface area contributed by atoms with Gasteiger partial charge in [0.25, 0.3) is 6.20 Å². The zero-order valence-corrected chi connectivity index (χ0v) is 23.0.